The molecule has 1 saturated heterocycles. The van der Waals surface area contributed by atoms with E-state index in [1.807, 2.05) is 0 Å². The van der Waals surface area contributed by atoms with Gasteiger partial charge in [-0.25, -0.2) is 0 Å². The maximum Gasteiger partial charge on any atom is 0.0486 e. The summed E-state index contributed by atoms with van der Waals surface area (Å²) in [6, 6.07) is 0. The molecule has 1 unspecified atom stereocenters. The molecule has 1 rings (SSSR count). The van der Waals surface area contributed by atoms with E-state index in [2.05, 4.69) is 6.92 Å². The summed E-state index contributed by atoms with van der Waals surface area (Å²) in [7, 11) is 1.22. The summed E-state index contributed by atoms with van der Waals surface area (Å²) in [6.07, 6.45) is 8.00. The largest absolute Gasteiger partial charge is 0.380 e. The topological polar surface area (TPSA) is 9.23 Å². The Morgan fingerprint density at radius 1 is 1.45 bits per heavy atom. The minimum absolute atomic E-state index is 0.369. The summed E-state index contributed by atoms with van der Waals surface area (Å²) < 4.78 is 5.83. The number of unbranched alkanes of at least 4 members (excludes halogenated alkanes) is 1. The molecule has 0 spiro atoms. The Bertz CT molecular complexity index is 108. The molecule has 2 heteroatoms. The molecular weight excluding hydrogens is 152 g/mol. The normalized spacial score (nSPS) is 32.5. The Labute approximate surface area is 72.9 Å². The maximum atomic E-state index is 5.83. The Hall–Kier alpha value is 0.177. The predicted molar refractivity (Wildman–Crippen MR) is 52.0 cm³/mol. The molecule has 1 nitrogen and oxygen atoms in total. The van der Waals surface area contributed by atoms with Crippen molar-refractivity contribution in [3.05, 3.63) is 0 Å². The molecule has 1 fully saturated rings. The molecule has 0 aromatic heterocycles. The summed E-state index contributed by atoms with van der Waals surface area (Å²) >= 11 is 0. The standard InChI is InChI=1S/C9H20OSi/c1-2-3-6-9(11)7-4-5-8-10-9/h2-8H2,1,11H3. The molecule has 0 aromatic rings. The smallest absolute Gasteiger partial charge is 0.0486 e. The van der Waals surface area contributed by atoms with Gasteiger partial charge in [0.1, 0.15) is 0 Å². The molecule has 0 aliphatic carbocycles. The lowest BCUT2D eigenvalue weighted by molar-refractivity contribution is -0.0237. The van der Waals surface area contributed by atoms with Gasteiger partial charge in [-0.1, -0.05) is 19.8 Å². The first-order valence-electron chi connectivity index (χ1n) is 4.91. The Morgan fingerprint density at radius 2 is 2.27 bits per heavy atom. The van der Waals surface area contributed by atoms with Gasteiger partial charge in [0.05, 0.1) is 0 Å². The monoisotopic (exact) mass is 172 g/mol. The minimum Gasteiger partial charge on any atom is -0.380 e. The van der Waals surface area contributed by atoms with Crippen LogP contribution in [0.5, 0.6) is 0 Å². The van der Waals surface area contributed by atoms with Gasteiger partial charge in [-0.3, -0.25) is 0 Å². The first-order valence-corrected chi connectivity index (χ1v) is 5.91. The van der Waals surface area contributed by atoms with Crippen LogP contribution < -0.4 is 0 Å². The van der Waals surface area contributed by atoms with Crippen molar-refractivity contribution in [2.24, 2.45) is 0 Å². The van der Waals surface area contributed by atoms with Gasteiger partial charge < -0.3 is 4.74 Å². The molecule has 0 aromatic carbocycles. The molecule has 1 aliphatic rings. The SMILES string of the molecule is CCCCC1([SiH3])CCCCO1. The zero-order valence-corrected chi connectivity index (χ0v) is 9.86. The zero-order valence-electron chi connectivity index (χ0n) is 7.86. The lowest BCUT2D eigenvalue weighted by atomic mass is 10.0. The van der Waals surface area contributed by atoms with Crippen molar-refractivity contribution in [1.82, 2.24) is 0 Å². The third-order valence-electron chi connectivity index (χ3n) is 2.61. The Kier molecular flexibility index (Phi) is 3.59. The van der Waals surface area contributed by atoms with Crippen LogP contribution in [0.2, 0.25) is 0 Å². The number of hydrogen-bond acceptors (Lipinski definition) is 1. The molecule has 0 bridgehead atoms. The van der Waals surface area contributed by atoms with Crippen LogP contribution in [0.25, 0.3) is 0 Å². The molecule has 66 valence electrons. The fourth-order valence-corrected chi connectivity index (χ4v) is 2.65. The third-order valence-corrected chi connectivity index (χ3v) is 3.90. The molecular formula is C9H20OSi. The lowest BCUT2D eigenvalue weighted by Gasteiger charge is -2.34. The highest BCUT2D eigenvalue weighted by molar-refractivity contribution is 6.14. The van der Waals surface area contributed by atoms with Crippen molar-refractivity contribution in [3.63, 3.8) is 0 Å². The van der Waals surface area contributed by atoms with Crippen LogP contribution in [0.3, 0.4) is 0 Å². The average Bonchev–Trinajstić information content (AvgIpc) is 2.03. The van der Waals surface area contributed by atoms with Crippen LogP contribution in [0.15, 0.2) is 0 Å². The van der Waals surface area contributed by atoms with E-state index in [4.69, 9.17) is 4.74 Å². The van der Waals surface area contributed by atoms with Gasteiger partial charge >= 0.3 is 0 Å². The second-order valence-corrected chi connectivity index (χ2v) is 5.68. The van der Waals surface area contributed by atoms with Gasteiger partial charge in [0.25, 0.3) is 0 Å². The van der Waals surface area contributed by atoms with Crippen molar-refractivity contribution in [3.8, 4) is 0 Å². The van der Waals surface area contributed by atoms with Crippen molar-refractivity contribution in [2.75, 3.05) is 6.61 Å². The zero-order chi connectivity index (χ0) is 8.16. The molecule has 11 heavy (non-hydrogen) atoms. The summed E-state index contributed by atoms with van der Waals surface area (Å²) in [5.41, 5.74) is 0. The highest BCUT2D eigenvalue weighted by Gasteiger charge is 2.26. The van der Waals surface area contributed by atoms with E-state index in [1.165, 1.54) is 48.8 Å². The second kappa shape index (κ2) is 4.26. The van der Waals surface area contributed by atoms with Gasteiger partial charge in [-0.15, -0.1) is 0 Å². The van der Waals surface area contributed by atoms with E-state index in [0.717, 1.165) is 6.61 Å². The van der Waals surface area contributed by atoms with E-state index in [0.29, 0.717) is 5.22 Å². The fraction of sp³-hybridized carbons (Fsp3) is 1.00. The van der Waals surface area contributed by atoms with Crippen molar-refractivity contribution in [1.29, 1.82) is 0 Å². The third kappa shape index (κ3) is 2.95. The van der Waals surface area contributed by atoms with E-state index < -0.39 is 0 Å². The number of hydrogen-bond donors (Lipinski definition) is 0. The van der Waals surface area contributed by atoms with E-state index in [-0.39, 0.29) is 0 Å². The Balaban J connectivity index is 2.25. The van der Waals surface area contributed by atoms with E-state index in [9.17, 15) is 0 Å². The molecule has 1 aliphatic heterocycles. The molecule has 0 radical (unpaired) electrons. The van der Waals surface area contributed by atoms with Crippen LogP contribution in [0.1, 0.15) is 45.4 Å². The summed E-state index contributed by atoms with van der Waals surface area (Å²) in [5.74, 6) is 0. The number of ether oxygens (including phenoxy) is 1. The lowest BCUT2D eigenvalue weighted by Crippen LogP contribution is -2.36. The van der Waals surface area contributed by atoms with E-state index >= 15 is 0 Å². The van der Waals surface area contributed by atoms with Crippen molar-refractivity contribution in [2.45, 2.75) is 50.7 Å². The van der Waals surface area contributed by atoms with Crippen LogP contribution in [-0.2, 0) is 4.74 Å². The minimum atomic E-state index is 0.369. The first kappa shape index (κ1) is 9.27. The van der Waals surface area contributed by atoms with E-state index in [1.54, 1.807) is 0 Å². The Morgan fingerprint density at radius 3 is 2.82 bits per heavy atom. The average molecular weight is 172 g/mol. The van der Waals surface area contributed by atoms with Gasteiger partial charge in [-0.2, -0.15) is 0 Å². The molecule has 1 atom stereocenters. The van der Waals surface area contributed by atoms with Gasteiger partial charge in [0.2, 0.25) is 0 Å². The van der Waals surface area contributed by atoms with Crippen LogP contribution in [0, 0.1) is 0 Å². The molecule has 0 amide bonds. The first-order chi connectivity index (χ1) is 5.27. The molecule has 0 N–H and O–H groups in total. The van der Waals surface area contributed by atoms with Gasteiger partial charge in [0.15, 0.2) is 0 Å². The van der Waals surface area contributed by atoms with Gasteiger partial charge in [-0.05, 0) is 25.7 Å². The highest BCUT2D eigenvalue weighted by Crippen LogP contribution is 2.26. The summed E-state index contributed by atoms with van der Waals surface area (Å²) in [6.45, 7) is 3.28. The summed E-state index contributed by atoms with van der Waals surface area (Å²) in [5, 5.41) is 0.369. The quantitative estimate of drug-likeness (QED) is 0.585. The summed E-state index contributed by atoms with van der Waals surface area (Å²) in [4.78, 5) is 0. The van der Waals surface area contributed by atoms with Crippen LogP contribution >= 0.6 is 0 Å². The molecule has 1 heterocycles. The van der Waals surface area contributed by atoms with Crippen molar-refractivity contribution >= 4 is 10.2 Å². The van der Waals surface area contributed by atoms with Crippen molar-refractivity contribution < 1.29 is 4.74 Å². The maximum absolute atomic E-state index is 5.83. The van der Waals surface area contributed by atoms with Crippen LogP contribution in [-0.4, -0.2) is 22.1 Å². The van der Waals surface area contributed by atoms with Gasteiger partial charge in [0, 0.05) is 22.1 Å². The number of rotatable bonds is 3. The fourth-order valence-electron chi connectivity index (χ4n) is 1.74. The molecule has 0 saturated carbocycles. The second-order valence-electron chi connectivity index (χ2n) is 3.86. The highest BCUT2D eigenvalue weighted by atomic mass is 28.1. The van der Waals surface area contributed by atoms with Crippen LogP contribution in [0.4, 0.5) is 0 Å². The predicted octanol–water partition coefficient (Wildman–Crippen LogP) is 1.44.